The molecule has 7 heteroatoms. The molecule has 154 valence electrons. The third kappa shape index (κ3) is 6.73. The number of aromatic nitrogens is 1. The number of piperidine rings is 1. The van der Waals surface area contributed by atoms with Crippen molar-refractivity contribution in [1.29, 1.82) is 0 Å². The van der Waals surface area contributed by atoms with Gasteiger partial charge in [-0.3, -0.25) is 9.89 Å². The molecule has 0 spiro atoms. The molecule has 1 aromatic heterocycles. The van der Waals surface area contributed by atoms with E-state index >= 15 is 0 Å². The molecule has 27 heavy (non-hydrogen) atoms. The van der Waals surface area contributed by atoms with Gasteiger partial charge in [0.1, 0.15) is 11.1 Å². The van der Waals surface area contributed by atoms with E-state index in [2.05, 4.69) is 39.5 Å². The van der Waals surface area contributed by atoms with Gasteiger partial charge in [0.2, 0.25) is 0 Å². The summed E-state index contributed by atoms with van der Waals surface area (Å²) >= 11 is 1.66. The van der Waals surface area contributed by atoms with E-state index in [0.29, 0.717) is 6.04 Å². The molecule has 2 rings (SSSR count). The lowest BCUT2D eigenvalue weighted by atomic mass is 10.0. The minimum Gasteiger partial charge on any atom is -0.375 e. The van der Waals surface area contributed by atoms with Crippen LogP contribution in [0.25, 0.3) is 0 Å². The number of aliphatic imine (C=N–C) groups is 1. The Morgan fingerprint density at radius 1 is 1.52 bits per heavy atom. The maximum Gasteiger partial charge on any atom is 0.193 e. The first-order valence-corrected chi connectivity index (χ1v) is 11.1. The van der Waals surface area contributed by atoms with Gasteiger partial charge in [-0.05, 0) is 39.3 Å². The van der Waals surface area contributed by atoms with Gasteiger partial charge in [0.05, 0.1) is 12.2 Å². The van der Waals surface area contributed by atoms with Gasteiger partial charge in [0.25, 0.3) is 0 Å². The summed E-state index contributed by atoms with van der Waals surface area (Å²) < 4.78 is 5.36. The van der Waals surface area contributed by atoms with E-state index in [9.17, 15) is 0 Å². The third-order valence-corrected chi connectivity index (χ3v) is 6.34. The maximum atomic E-state index is 5.36. The van der Waals surface area contributed by atoms with E-state index in [0.717, 1.165) is 29.8 Å². The number of rotatable bonds is 9. The van der Waals surface area contributed by atoms with Gasteiger partial charge in [-0.2, -0.15) is 0 Å². The van der Waals surface area contributed by atoms with Gasteiger partial charge < -0.3 is 15.0 Å². The van der Waals surface area contributed by atoms with Crippen molar-refractivity contribution in [2.75, 3.05) is 40.8 Å². The standard InChI is InChI=1S/C20H37N5OS/c1-6-7-11-25-12-9-8-10-18(25)13-22-20(21-3)24(4)14-17-15-27-19(23-17)16(2)26-5/h15-16,18H,6-14H2,1-5H3,(H,21,22). The highest BCUT2D eigenvalue weighted by Gasteiger charge is 2.22. The number of thiazole rings is 1. The van der Waals surface area contributed by atoms with E-state index in [1.807, 2.05) is 14.0 Å². The average Bonchev–Trinajstić information content (AvgIpc) is 3.15. The largest absolute Gasteiger partial charge is 0.375 e. The van der Waals surface area contributed by atoms with Crippen LogP contribution in [0.2, 0.25) is 0 Å². The Kier molecular flexibility index (Phi) is 9.51. The van der Waals surface area contributed by atoms with Gasteiger partial charge >= 0.3 is 0 Å². The topological polar surface area (TPSA) is 53.0 Å². The van der Waals surface area contributed by atoms with Gasteiger partial charge in [0.15, 0.2) is 5.96 Å². The first-order chi connectivity index (χ1) is 13.1. The lowest BCUT2D eigenvalue weighted by Crippen LogP contribution is -2.49. The fraction of sp³-hybridized carbons (Fsp3) is 0.800. The number of methoxy groups -OCH3 is 1. The maximum absolute atomic E-state index is 5.36. The van der Waals surface area contributed by atoms with E-state index in [1.54, 1.807) is 18.4 Å². The molecular formula is C20H37N5OS. The normalized spacial score (nSPS) is 19.9. The molecule has 0 aromatic carbocycles. The molecule has 1 fully saturated rings. The molecule has 6 nitrogen and oxygen atoms in total. The summed E-state index contributed by atoms with van der Waals surface area (Å²) in [5, 5.41) is 6.73. The zero-order valence-corrected chi connectivity index (χ0v) is 18.5. The molecule has 0 aliphatic carbocycles. The summed E-state index contributed by atoms with van der Waals surface area (Å²) in [4.78, 5) is 14.0. The van der Waals surface area contributed by atoms with Gasteiger partial charge in [0, 0.05) is 39.2 Å². The van der Waals surface area contributed by atoms with Crippen LogP contribution in [0.4, 0.5) is 0 Å². The lowest BCUT2D eigenvalue weighted by Gasteiger charge is -2.36. The van der Waals surface area contributed by atoms with E-state index in [-0.39, 0.29) is 6.10 Å². The molecule has 1 aromatic rings. The van der Waals surface area contributed by atoms with Gasteiger partial charge in [-0.15, -0.1) is 11.3 Å². The van der Waals surface area contributed by atoms with Crippen LogP contribution in [0.5, 0.6) is 0 Å². The zero-order valence-electron chi connectivity index (χ0n) is 17.7. The first-order valence-electron chi connectivity index (χ1n) is 10.2. The summed E-state index contributed by atoms with van der Waals surface area (Å²) in [6, 6.07) is 0.615. The number of hydrogen-bond acceptors (Lipinski definition) is 5. The van der Waals surface area contributed by atoms with E-state index < -0.39 is 0 Å². The number of nitrogens with zero attached hydrogens (tertiary/aromatic N) is 4. The fourth-order valence-electron chi connectivity index (χ4n) is 3.54. The summed E-state index contributed by atoms with van der Waals surface area (Å²) in [5.41, 5.74) is 1.06. The van der Waals surface area contributed by atoms with Crippen LogP contribution >= 0.6 is 11.3 Å². The third-order valence-electron chi connectivity index (χ3n) is 5.29. The number of nitrogens with one attached hydrogen (secondary N) is 1. The lowest BCUT2D eigenvalue weighted by molar-refractivity contribution is 0.119. The highest BCUT2D eigenvalue weighted by molar-refractivity contribution is 7.09. The Labute approximate surface area is 169 Å². The number of likely N-dealkylation sites (tertiary alicyclic amines) is 1. The minimum atomic E-state index is 0.0481. The summed E-state index contributed by atoms with van der Waals surface area (Å²) in [6.07, 6.45) is 6.55. The number of unbranched alkanes of at least 4 members (excludes halogenated alkanes) is 1. The van der Waals surface area contributed by atoms with Crippen LogP contribution in [-0.4, -0.2) is 67.6 Å². The predicted octanol–water partition coefficient (Wildman–Crippen LogP) is 3.51. The van der Waals surface area contributed by atoms with Crippen molar-refractivity contribution in [2.45, 2.75) is 64.6 Å². The Hall–Kier alpha value is -1.18. The fourth-order valence-corrected chi connectivity index (χ4v) is 4.38. The molecule has 0 amide bonds. The second-order valence-corrected chi connectivity index (χ2v) is 8.27. The van der Waals surface area contributed by atoms with Crippen molar-refractivity contribution in [3.05, 3.63) is 16.1 Å². The summed E-state index contributed by atoms with van der Waals surface area (Å²) in [6.45, 7) is 8.46. The number of ether oxygens (including phenoxy) is 1. The molecule has 2 heterocycles. The Morgan fingerprint density at radius 2 is 2.33 bits per heavy atom. The summed E-state index contributed by atoms with van der Waals surface area (Å²) in [5.74, 6) is 0.936. The van der Waals surface area contributed by atoms with E-state index in [4.69, 9.17) is 9.72 Å². The van der Waals surface area contributed by atoms with Crippen molar-refractivity contribution in [3.63, 3.8) is 0 Å². The van der Waals surface area contributed by atoms with Crippen molar-refractivity contribution >= 4 is 17.3 Å². The molecule has 1 N–H and O–H groups in total. The van der Waals surface area contributed by atoms with Crippen LogP contribution in [-0.2, 0) is 11.3 Å². The zero-order chi connectivity index (χ0) is 19.6. The molecule has 1 aliphatic rings. The molecular weight excluding hydrogens is 358 g/mol. The molecule has 1 saturated heterocycles. The van der Waals surface area contributed by atoms with Crippen LogP contribution in [0.3, 0.4) is 0 Å². The predicted molar refractivity (Wildman–Crippen MR) is 114 cm³/mol. The molecule has 2 unspecified atom stereocenters. The van der Waals surface area contributed by atoms with Crippen LogP contribution in [0, 0.1) is 0 Å². The molecule has 0 bridgehead atoms. The molecule has 2 atom stereocenters. The van der Waals surface area contributed by atoms with Crippen molar-refractivity contribution in [3.8, 4) is 0 Å². The second-order valence-electron chi connectivity index (χ2n) is 7.38. The van der Waals surface area contributed by atoms with Crippen LogP contribution in [0.15, 0.2) is 10.4 Å². The monoisotopic (exact) mass is 395 g/mol. The Balaban J connectivity index is 1.87. The van der Waals surface area contributed by atoms with Gasteiger partial charge in [-0.1, -0.05) is 19.8 Å². The molecule has 1 aliphatic heterocycles. The van der Waals surface area contributed by atoms with Crippen molar-refractivity contribution < 1.29 is 4.74 Å². The smallest absolute Gasteiger partial charge is 0.193 e. The minimum absolute atomic E-state index is 0.0481. The molecule has 0 saturated carbocycles. The SMILES string of the molecule is CCCCN1CCCCC1CNC(=NC)N(C)Cc1csc(C(C)OC)n1. The van der Waals surface area contributed by atoms with Crippen molar-refractivity contribution in [1.82, 2.24) is 20.1 Å². The number of hydrogen-bond donors (Lipinski definition) is 1. The number of guanidine groups is 1. The van der Waals surface area contributed by atoms with Crippen LogP contribution in [0.1, 0.15) is 62.8 Å². The van der Waals surface area contributed by atoms with Crippen LogP contribution < -0.4 is 5.32 Å². The van der Waals surface area contributed by atoms with E-state index in [1.165, 1.54) is 45.2 Å². The van der Waals surface area contributed by atoms with Gasteiger partial charge in [-0.25, -0.2) is 4.98 Å². The Morgan fingerprint density at radius 3 is 3.04 bits per heavy atom. The average molecular weight is 396 g/mol. The first kappa shape index (κ1) is 22.1. The highest BCUT2D eigenvalue weighted by atomic mass is 32.1. The Bertz CT molecular complexity index is 576. The molecule has 0 radical (unpaired) electrons. The highest BCUT2D eigenvalue weighted by Crippen LogP contribution is 2.21. The quantitative estimate of drug-likeness (QED) is 0.512. The van der Waals surface area contributed by atoms with Crippen molar-refractivity contribution in [2.24, 2.45) is 4.99 Å². The second kappa shape index (κ2) is 11.6. The summed E-state index contributed by atoms with van der Waals surface area (Å²) in [7, 11) is 5.65.